The van der Waals surface area contributed by atoms with Crippen molar-refractivity contribution in [2.45, 2.75) is 25.4 Å². The summed E-state index contributed by atoms with van der Waals surface area (Å²) in [5, 5.41) is 22.6. The number of hydrogen-bond donors (Lipinski definition) is 1. The lowest BCUT2D eigenvalue weighted by Gasteiger charge is -2.30. The number of pyridine rings is 1. The number of aromatic nitrogens is 3. The smallest absolute Gasteiger partial charge is 0.261 e. The van der Waals surface area contributed by atoms with Gasteiger partial charge in [0.05, 0.1) is 18.7 Å². The highest BCUT2D eigenvalue weighted by atomic mass is 35.5. The van der Waals surface area contributed by atoms with Gasteiger partial charge in [0, 0.05) is 46.9 Å². The number of fused-ring (bicyclic) bond motifs is 1. The molecule has 1 aromatic carbocycles. The zero-order chi connectivity index (χ0) is 21.8. The van der Waals surface area contributed by atoms with Crippen LogP contribution in [0.2, 0.25) is 5.02 Å². The number of benzene rings is 1. The molecular formula is C22H21Cl2N7O. The highest BCUT2D eigenvalue weighted by Gasteiger charge is 2.20. The monoisotopic (exact) mass is 469 g/mol. The molecule has 0 amide bonds. The number of hydrogen-bond acceptors (Lipinski definition) is 7. The molecule has 0 aliphatic carbocycles. The Balaban J connectivity index is 0.00000289. The quantitative estimate of drug-likeness (QED) is 0.569. The number of likely N-dealkylation sites (tertiary alicyclic amines) is 1. The van der Waals surface area contributed by atoms with Crippen LogP contribution >= 0.6 is 24.0 Å². The summed E-state index contributed by atoms with van der Waals surface area (Å²) in [6.45, 7) is 1.97. The fraction of sp³-hybridized carbons (Fsp3) is 0.318. The lowest BCUT2D eigenvalue weighted by Crippen LogP contribution is -2.39. The van der Waals surface area contributed by atoms with Gasteiger partial charge in [0.15, 0.2) is 0 Å². The molecule has 1 aliphatic heterocycles. The first-order valence-corrected chi connectivity index (χ1v) is 10.4. The first-order valence-electron chi connectivity index (χ1n) is 9.99. The predicted octanol–water partition coefficient (Wildman–Crippen LogP) is 3.46. The molecule has 1 N–H and O–H groups in total. The maximum atomic E-state index is 13.2. The Morgan fingerprint density at radius 2 is 1.84 bits per heavy atom. The Morgan fingerprint density at radius 1 is 1.12 bits per heavy atom. The van der Waals surface area contributed by atoms with Crippen molar-refractivity contribution in [3.8, 4) is 23.3 Å². The van der Waals surface area contributed by atoms with E-state index in [4.69, 9.17) is 16.9 Å². The summed E-state index contributed by atoms with van der Waals surface area (Å²) in [6, 6.07) is 13.2. The number of anilines is 1. The molecule has 0 atom stereocenters. The van der Waals surface area contributed by atoms with Gasteiger partial charge in [-0.25, -0.2) is 4.98 Å². The largest absolute Gasteiger partial charge is 0.351 e. The first kappa shape index (κ1) is 23.5. The van der Waals surface area contributed by atoms with Gasteiger partial charge in [0.2, 0.25) is 5.95 Å². The molecule has 0 bridgehead atoms. The first-order chi connectivity index (χ1) is 15.1. The van der Waals surface area contributed by atoms with Gasteiger partial charge in [0.1, 0.15) is 12.2 Å². The van der Waals surface area contributed by atoms with Crippen LogP contribution in [0.1, 0.15) is 12.8 Å². The Kier molecular flexibility index (Phi) is 7.66. The van der Waals surface area contributed by atoms with E-state index in [-0.39, 0.29) is 30.6 Å². The van der Waals surface area contributed by atoms with Crippen LogP contribution in [0.15, 0.2) is 41.3 Å². The van der Waals surface area contributed by atoms with Crippen LogP contribution in [-0.4, -0.2) is 45.1 Å². The van der Waals surface area contributed by atoms with E-state index in [0.717, 1.165) is 25.9 Å². The minimum atomic E-state index is -0.323. The van der Waals surface area contributed by atoms with Crippen molar-refractivity contribution in [2.75, 3.05) is 25.0 Å². The highest BCUT2D eigenvalue weighted by Crippen LogP contribution is 2.27. The van der Waals surface area contributed by atoms with Crippen LogP contribution in [0.3, 0.4) is 0 Å². The Morgan fingerprint density at radius 3 is 2.53 bits per heavy atom. The van der Waals surface area contributed by atoms with Crippen LogP contribution < -0.4 is 10.9 Å². The van der Waals surface area contributed by atoms with Gasteiger partial charge in [-0.05, 0) is 25.0 Å². The Hall–Kier alpha value is -3.17. The molecule has 164 valence electrons. The molecule has 1 fully saturated rings. The van der Waals surface area contributed by atoms with E-state index in [1.807, 2.05) is 12.1 Å². The van der Waals surface area contributed by atoms with Gasteiger partial charge in [-0.1, -0.05) is 29.8 Å². The van der Waals surface area contributed by atoms with Crippen molar-refractivity contribution in [2.24, 2.45) is 0 Å². The second-order valence-electron chi connectivity index (χ2n) is 7.41. The Labute approximate surface area is 196 Å². The van der Waals surface area contributed by atoms with Crippen LogP contribution in [-0.2, 0) is 6.54 Å². The second kappa shape index (κ2) is 10.4. The molecule has 4 rings (SSSR count). The average molecular weight is 470 g/mol. The van der Waals surface area contributed by atoms with E-state index in [0.29, 0.717) is 39.7 Å². The van der Waals surface area contributed by atoms with Crippen molar-refractivity contribution in [3.63, 3.8) is 0 Å². The van der Waals surface area contributed by atoms with Crippen LogP contribution in [0.4, 0.5) is 5.95 Å². The maximum absolute atomic E-state index is 13.2. The molecular weight excluding hydrogens is 449 g/mol. The molecule has 3 heterocycles. The topological polar surface area (TPSA) is 111 Å². The van der Waals surface area contributed by atoms with Gasteiger partial charge >= 0.3 is 0 Å². The molecule has 32 heavy (non-hydrogen) atoms. The van der Waals surface area contributed by atoms with Crippen LogP contribution in [0.5, 0.6) is 0 Å². The summed E-state index contributed by atoms with van der Waals surface area (Å²) in [5.74, 6) is 0.419. The van der Waals surface area contributed by atoms with Gasteiger partial charge in [-0.2, -0.15) is 15.5 Å². The van der Waals surface area contributed by atoms with Crippen molar-refractivity contribution >= 4 is 41.0 Å². The zero-order valence-electron chi connectivity index (χ0n) is 17.2. The number of halogens is 2. The van der Waals surface area contributed by atoms with E-state index in [1.54, 1.807) is 30.5 Å². The number of piperidine rings is 1. The van der Waals surface area contributed by atoms with Crippen molar-refractivity contribution in [1.29, 1.82) is 10.5 Å². The van der Waals surface area contributed by atoms with Gasteiger partial charge in [-0.15, -0.1) is 12.4 Å². The van der Waals surface area contributed by atoms with Crippen molar-refractivity contribution in [3.05, 3.63) is 51.9 Å². The average Bonchev–Trinajstić information content (AvgIpc) is 2.78. The maximum Gasteiger partial charge on any atom is 0.261 e. The van der Waals surface area contributed by atoms with Gasteiger partial charge in [-0.3, -0.25) is 14.3 Å². The summed E-state index contributed by atoms with van der Waals surface area (Å²) in [6.07, 6.45) is 3.40. The highest BCUT2D eigenvalue weighted by molar-refractivity contribution is 6.33. The number of nitriles is 2. The number of rotatable bonds is 5. The third-order valence-corrected chi connectivity index (χ3v) is 5.76. The second-order valence-corrected chi connectivity index (χ2v) is 7.82. The molecule has 0 unspecified atom stereocenters. The molecule has 2 aromatic heterocycles. The molecule has 0 spiro atoms. The molecule has 0 saturated carbocycles. The number of nitrogens with one attached hydrogen (secondary N) is 1. The lowest BCUT2D eigenvalue weighted by molar-refractivity contribution is 0.242. The molecule has 8 nitrogen and oxygen atoms in total. The summed E-state index contributed by atoms with van der Waals surface area (Å²) >= 11 is 6.30. The van der Waals surface area contributed by atoms with Crippen molar-refractivity contribution in [1.82, 2.24) is 19.4 Å². The number of nitrogens with zero attached hydrogens (tertiary/aromatic N) is 6. The predicted molar refractivity (Wildman–Crippen MR) is 126 cm³/mol. The van der Waals surface area contributed by atoms with E-state index >= 15 is 0 Å². The zero-order valence-corrected chi connectivity index (χ0v) is 18.7. The standard InChI is InChI=1S/C22H20ClN7O.ClH/c23-19-4-2-1-3-17(19)18-13-15-14-26-22(28-20(15)30(12-8-25)21(18)31)27-16-5-9-29(10-6-16)11-7-24;/h1-4,13-14,16H,5-6,9-12H2,(H,26,27,28);1H. The summed E-state index contributed by atoms with van der Waals surface area (Å²) in [7, 11) is 0. The van der Waals surface area contributed by atoms with E-state index in [1.165, 1.54) is 4.57 Å². The molecule has 3 aromatic rings. The van der Waals surface area contributed by atoms with E-state index in [2.05, 4.69) is 26.3 Å². The fourth-order valence-electron chi connectivity index (χ4n) is 3.84. The minimum absolute atomic E-state index is 0. The molecule has 0 radical (unpaired) electrons. The third kappa shape index (κ3) is 4.84. The van der Waals surface area contributed by atoms with E-state index in [9.17, 15) is 10.1 Å². The van der Waals surface area contributed by atoms with Gasteiger partial charge in [0.25, 0.3) is 5.56 Å². The molecule has 1 aliphatic rings. The van der Waals surface area contributed by atoms with E-state index < -0.39 is 0 Å². The summed E-state index contributed by atoms with van der Waals surface area (Å²) < 4.78 is 1.36. The fourth-order valence-corrected chi connectivity index (χ4v) is 4.07. The van der Waals surface area contributed by atoms with Gasteiger partial charge < -0.3 is 5.32 Å². The molecule has 10 heteroatoms. The van der Waals surface area contributed by atoms with Crippen LogP contribution in [0.25, 0.3) is 22.2 Å². The minimum Gasteiger partial charge on any atom is -0.351 e. The third-order valence-electron chi connectivity index (χ3n) is 5.43. The SMILES string of the molecule is Cl.N#CCN1CCC(Nc2ncc3cc(-c4ccccc4Cl)c(=O)n(CC#N)c3n2)CC1. The summed E-state index contributed by atoms with van der Waals surface area (Å²) in [5.41, 5.74) is 1.09. The normalized spacial score (nSPS) is 14.3. The lowest BCUT2D eigenvalue weighted by atomic mass is 10.1. The Bertz CT molecular complexity index is 1250. The van der Waals surface area contributed by atoms with Crippen molar-refractivity contribution < 1.29 is 0 Å². The van der Waals surface area contributed by atoms with Crippen LogP contribution in [0, 0.1) is 22.7 Å². The summed E-state index contributed by atoms with van der Waals surface area (Å²) in [4.78, 5) is 24.3. The molecule has 1 saturated heterocycles.